The SMILES string of the molecule is O=C1N[C@@]2(CC[C@H](c3ccc4c(c3)CCc3nc(Cl)sc3-4)C2)CO1. The van der Waals surface area contributed by atoms with E-state index in [1.807, 2.05) is 0 Å². The standard InChI is InChI=1S/C18H17ClN2O2S/c19-16-20-14-4-2-11-7-10(1-3-13(11)15(14)24-16)12-5-6-18(8-12)9-23-17(22)21-18/h1,3,7,12H,2,4-6,8-9H2,(H,21,22)/t12-,18+/m0/s1. The Bertz CT molecular complexity index is 850. The van der Waals surface area contributed by atoms with Crippen molar-refractivity contribution in [3.8, 4) is 10.4 Å². The van der Waals surface area contributed by atoms with E-state index in [1.165, 1.54) is 21.6 Å². The molecule has 3 aliphatic rings. The molecule has 6 heteroatoms. The normalized spacial score (nSPS) is 27.7. The predicted octanol–water partition coefficient (Wildman–Crippen LogP) is 4.31. The number of halogens is 1. The molecule has 2 atom stereocenters. The van der Waals surface area contributed by atoms with Crippen molar-refractivity contribution < 1.29 is 9.53 Å². The van der Waals surface area contributed by atoms with Gasteiger partial charge in [0.15, 0.2) is 4.47 Å². The van der Waals surface area contributed by atoms with E-state index in [1.54, 1.807) is 11.3 Å². The average Bonchev–Trinajstić information content (AvgIpc) is 3.26. The van der Waals surface area contributed by atoms with Gasteiger partial charge in [-0.25, -0.2) is 9.78 Å². The van der Waals surface area contributed by atoms with Gasteiger partial charge >= 0.3 is 6.09 Å². The summed E-state index contributed by atoms with van der Waals surface area (Å²) < 4.78 is 5.77. The van der Waals surface area contributed by atoms with Gasteiger partial charge in [-0.15, -0.1) is 11.3 Å². The maximum Gasteiger partial charge on any atom is 0.407 e. The molecule has 1 saturated heterocycles. The molecule has 1 spiro atoms. The third-order valence-electron chi connectivity index (χ3n) is 5.60. The van der Waals surface area contributed by atoms with Crippen LogP contribution in [-0.2, 0) is 17.6 Å². The number of benzene rings is 1. The summed E-state index contributed by atoms with van der Waals surface area (Å²) in [5.74, 6) is 0.490. The molecule has 0 unspecified atom stereocenters. The fourth-order valence-corrected chi connectivity index (χ4v) is 5.63. The van der Waals surface area contributed by atoms with Gasteiger partial charge in [-0.1, -0.05) is 29.8 Å². The van der Waals surface area contributed by atoms with E-state index in [4.69, 9.17) is 16.3 Å². The van der Waals surface area contributed by atoms with Crippen molar-refractivity contribution in [1.82, 2.24) is 10.3 Å². The molecule has 1 N–H and O–H groups in total. The van der Waals surface area contributed by atoms with Gasteiger partial charge in [0.2, 0.25) is 0 Å². The van der Waals surface area contributed by atoms with Crippen LogP contribution in [0.25, 0.3) is 10.4 Å². The number of rotatable bonds is 1. The first-order valence-corrected chi connectivity index (χ1v) is 9.55. The molecule has 1 saturated carbocycles. The summed E-state index contributed by atoms with van der Waals surface area (Å²) in [6, 6.07) is 6.82. The number of alkyl carbamates (subject to hydrolysis) is 1. The molecule has 1 aromatic heterocycles. The number of aromatic nitrogens is 1. The Morgan fingerprint density at radius 3 is 3.12 bits per heavy atom. The third kappa shape index (κ3) is 2.25. The van der Waals surface area contributed by atoms with Crippen molar-refractivity contribution in [3.05, 3.63) is 39.5 Å². The van der Waals surface area contributed by atoms with Gasteiger partial charge in [0, 0.05) is 0 Å². The topological polar surface area (TPSA) is 51.2 Å². The summed E-state index contributed by atoms with van der Waals surface area (Å²) in [4.78, 5) is 17.1. The van der Waals surface area contributed by atoms with E-state index < -0.39 is 0 Å². The van der Waals surface area contributed by atoms with Crippen LogP contribution in [0.5, 0.6) is 0 Å². The minimum absolute atomic E-state index is 0.143. The number of carbonyl (C=O) groups is 1. The molecular weight excluding hydrogens is 344 g/mol. The number of amides is 1. The van der Waals surface area contributed by atoms with E-state index in [0.717, 1.165) is 37.8 Å². The van der Waals surface area contributed by atoms with Crippen molar-refractivity contribution in [2.24, 2.45) is 0 Å². The second-order valence-corrected chi connectivity index (χ2v) is 8.66. The Morgan fingerprint density at radius 2 is 2.29 bits per heavy atom. The molecule has 2 aromatic rings. The number of aryl methyl sites for hydroxylation is 2. The summed E-state index contributed by atoms with van der Waals surface area (Å²) in [7, 11) is 0. The van der Waals surface area contributed by atoms with Gasteiger partial charge in [0.05, 0.1) is 16.1 Å². The number of hydrogen-bond donors (Lipinski definition) is 1. The molecule has 0 bridgehead atoms. The second-order valence-electron chi connectivity index (χ2n) is 7.08. The summed E-state index contributed by atoms with van der Waals surface area (Å²) >= 11 is 7.67. The average molecular weight is 361 g/mol. The number of nitrogens with one attached hydrogen (secondary N) is 1. The zero-order valence-corrected chi connectivity index (χ0v) is 14.7. The van der Waals surface area contributed by atoms with Crippen molar-refractivity contribution >= 4 is 29.0 Å². The second kappa shape index (κ2) is 5.20. The minimum atomic E-state index is -0.268. The summed E-state index contributed by atoms with van der Waals surface area (Å²) in [5, 5.41) is 3.02. The highest BCUT2D eigenvalue weighted by Crippen LogP contribution is 2.45. The smallest absolute Gasteiger partial charge is 0.407 e. The van der Waals surface area contributed by atoms with Gasteiger partial charge in [-0.2, -0.15) is 0 Å². The Balaban J connectivity index is 1.44. The Morgan fingerprint density at radius 1 is 1.38 bits per heavy atom. The number of hydrogen-bond acceptors (Lipinski definition) is 4. The Labute approximate surface area is 149 Å². The first kappa shape index (κ1) is 14.7. The molecule has 2 fully saturated rings. The molecule has 1 aliphatic heterocycles. The molecule has 0 radical (unpaired) electrons. The number of nitrogens with zero attached hydrogens (tertiary/aromatic N) is 1. The van der Waals surface area contributed by atoms with Gasteiger partial charge < -0.3 is 10.1 Å². The summed E-state index contributed by atoms with van der Waals surface area (Å²) in [6.07, 6.45) is 4.78. The van der Waals surface area contributed by atoms with Crippen molar-refractivity contribution in [2.45, 2.75) is 43.6 Å². The maximum absolute atomic E-state index is 11.4. The molecule has 24 heavy (non-hydrogen) atoms. The van der Waals surface area contributed by atoms with E-state index >= 15 is 0 Å². The molecule has 2 aliphatic carbocycles. The highest BCUT2D eigenvalue weighted by molar-refractivity contribution is 7.19. The molecule has 4 nitrogen and oxygen atoms in total. The van der Waals surface area contributed by atoms with Gasteiger partial charge in [-0.3, -0.25) is 0 Å². The van der Waals surface area contributed by atoms with E-state index in [-0.39, 0.29) is 11.6 Å². The van der Waals surface area contributed by atoms with Crippen LogP contribution in [0.1, 0.15) is 42.0 Å². The number of thiazole rings is 1. The highest BCUT2D eigenvalue weighted by Gasteiger charge is 2.46. The van der Waals surface area contributed by atoms with Crippen molar-refractivity contribution in [2.75, 3.05) is 6.61 Å². The van der Waals surface area contributed by atoms with Gasteiger partial charge in [0.1, 0.15) is 6.61 Å². The zero-order valence-electron chi connectivity index (χ0n) is 13.1. The lowest BCUT2D eigenvalue weighted by molar-refractivity contribution is 0.172. The molecule has 5 rings (SSSR count). The predicted molar refractivity (Wildman–Crippen MR) is 93.8 cm³/mol. The van der Waals surface area contributed by atoms with Crippen molar-refractivity contribution in [1.29, 1.82) is 0 Å². The Kier molecular flexibility index (Phi) is 3.19. The van der Waals surface area contributed by atoms with Crippen LogP contribution < -0.4 is 5.32 Å². The van der Waals surface area contributed by atoms with Gasteiger partial charge in [-0.05, 0) is 54.7 Å². The van der Waals surface area contributed by atoms with Crippen molar-refractivity contribution in [3.63, 3.8) is 0 Å². The maximum atomic E-state index is 11.4. The highest BCUT2D eigenvalue weighted by atomic mass is 35.5. The number of ether oxygens (including phenoxy) is 1. The van der Waals surface area contributed by atoms with Crippen LogP contribution in [0, 0.1) is 0 Å². The van der Waals surface area contributed by atoms with E-state index in [2.05, 4.69) is 28.5 Å². The lowest BCUT2D eigenvalue weighted by atomic mass is 9.87. The lowest BCUT2D eigenvalue weighted by Gasteiger charge is -2.21. The molecule has 2 heterocycles. The van der Waals surface area contributed by atoms with Crippen LogP contribution in [0.3, 0.4) is 0 Å². The monoisotopic (exact) mass is 360 g/mol. The first-order chi connectivity index (χ1) is 11.6. The van der Waals surface area contributed by atoms with Crippen LogP contribution in [0.2, 0.25) is 4.47 Å². The first-order valence-electron chi connectivity index (χ1n) is 8.35. The van der Waals surface area contributed by atoms with E-state index in [0.29, 0.717) is 17.0 Å². The Hall–Kier alpha value is -1.59. The van der Waals surface area contributed by atoms with Crippen LogP contribution in [0.15, 0.2) is 18.2 Å². The fraction of sp³-hybridized carbons (Fsp3) is 0.444. The molecular formula is C18H17ClN2O2S. The molecule has 1 aromatic carbocycles. The summed E-state index contributed by atoms with van der Waals surface area (Å²) in [5.41, 5.74) is 5.06. The minimum Gasteiger partial charge on any atom is -0.447 e. The molecule has 124 valence electrons. The number of fused-ring (bicyclic) bond motifs is 3. The van der Waals surface area contributed by atoms with E-state index in [9.17, 15) is 4.79 Å². The summed E-state index contributed by atoms with van der Waals surface area (Å²) in [6.45, 7) is 0.510. The number of cyclic esters (lactones) is 1. The van der Waals surface area contributed by atoms with Crippen LogP contribution >= 0.6 is 22.9 Å². The number of carbonyl (C=O) groups excluding carboxylic acids is 1. The van der Waals surface area contributed by atoms with Crippen LogP contribution in [0.4, 0.5) is 4.79 Å². The van der Waals surface area contributed by atoms with Crippen LogP contribution in [-0.4, -0.2) is 23.2 Å². The quantitative estimate of drug-likeness (QED) is 0.824. The van der Waals surface area contributed by atoms with Gasteiger partial charge in [0.25, 0.3) is 0 Å². The third-order valence-corrected chi connectivity index (χ3v) is 6.84. The largest absolute Gasteiger partial charge is 0.447 e. The fourth-order valence-electron chi connectivity index (χ4n) is 4.40. The zero-order chi connectivity index (χ0) is 16.3. The lowest BCUT2D eigenvalue weighted by Crippen LogP contribution is -2.40. The molecule has 1 amide bonds.